The Bertz CT molecular complexity index is 1090. The summed E-state index contributed by atoms with van der Waals surface area (Å²) in [5.74, 6) is 0.0581. The van der Waals surface area contributed by atoms with Gasteiger partial charge in [-0.3, -0.25) is 14.4 Å². The number of amides is 3. The summed E-state index contributed by atoms with van der Waals surface area (Å²) >= 11 is 0. The summed E-state index contributed by atoms with van der Waals surface area (Å²) in [5, 5.41) is 10.00. The highest BCUT2D eigenvalue weighted by atomic mass is 16.3. The fraction of sp³-hybridized carbons (Fsp3) is 0.423. The van der Waals surface area contributed by atoms with Gasteiger partial charge in [0.15, 0.2) is 0 Å². The van der Waals surface area contributed by atoms with Crippen molar-refractivity contribution >= 4 is 17.7 Å². The van der Waals surface area contributed by atoms with Crippen molar-refractivity contribution in [3.8, 4) is 11.1 Å². The molecule has 1 saturated carbocycles. The number of hydrogen-bond acceptors (Lipinski definition) is 4. The fourth-order valence-corrected chi connectivity index (χ4v) is 5.24. The number of nitrogens with zero attached hydrogens (tertiary/aromatic N) is 3. The second-order valence-corrected chi connectivity index (χ2v) is 9.54. The summed E-state index contributed by atoms with van der Waals surface area (Å²) in [6.45, 7) is 0.550. The Morgan fingerprint density at radius 3 is 2.42 bits per heavy atom. The lowest BCUT2D eigenvalue weighted by Gasteiger charge is -2.58. The summed E-state index contributed by atoms with van der Waals surface area (Å²) in [7, 11) is 3.47. The molecule has 7 nitrogen and oxygen atoms in total. The first-order chi connectivity index (χ1) is 15.9. The normalized spacial score (nSPS) is 24.2. The Balaban J connectivity index is 1.37. The lowest BCUT2D eigenvalue weighted by molar-refractivity contribution is -0.167. The second-order valence-electron chi connectivity index (χ2n) is 9.54. The van der Waals surface area contributed by atoms with E-state index in [0.717, 1.165) is 29.5 Å². The number of benzene rings is 2. The average Bonchev–Trinajstić information content (AvgIpc) is 3.65. The van der Waals surface area contributed by atoms with Crippen molar-refractivity contribution in [3.63, 3.8) is 0 Å². The number of piperazine rings is 1. The lowest BCUT2D eigenvalue weighted by atomic mass is 9.73. The van der Waals surface area contributed by atoms with Gasteiger partial charge in [0.1, 0.15) is 0 Å². The second kappa shape index (κ2) is 8.30. The van der Waals surface area contributed by atoms with Crippen LogP contribution >= 0.6 is 0 Å². The molecule has 2 aromatic carbocycles. The molecule has 2 saturated heterocycles. The van der Waals surface area contributed by atoms with E-state index in [0.29, 0.717) is 12.1 Å². The zero-order valence-electron chi connectivity index (χ0n) is 19.0. The van der Waals surface area contributed by atoms with Gasteiger partial charge in [-0.05, 0) is 41.7 Å². The van der Waals surface area contributed by atoms with E-state index in [1.807, 2.05) is 48.5 Å². The van der Waals surface area contributed by atoms with Gasteiger partial charge in [-0.15, -0.1) is 0 Å². The van der Waals surface area contributed by atoms with Gasteiger partial charge in [0.25, 0.3) is 5.91 Å². The molecule has 2 aromatic rings. The van der Waals surface area contributed by atoms with E-state index in [1.165, 1.54) is 0 Å². The molecular weight excluding hydrogens is 418 g/mol. The fourth-order valence-electron chi connectivity index (χ4n) is 5.24. The molecule has 172 valence electrons. The van der Waals surface area contributed by atoms with Crippen LogP contribution in [0.15, 0.2) is 48.5 Å². The van der Waals surface area contributed by atoms with Gasteiger partial charge < -0.3 is 19.8 Å². The van der Waals surface area contributed by atoms with Gasteiger partial charge in [-0.25, -0.2) is 0 Å². The number of carbonyl (C=O) groups is 3. The third-order valence-electron chi connectivity index (χ3n) is 7.14. The highest BCUT2D eigenvalue weighted by molar-refractivity contribution is 5.95. The molecule has 2 aliphatic heterocycles. The molecule has 0 bridgehead atoms. The van der Waals surface area contributed by atoms with Gasteiger partial charge in [0, 0.05) is 38.0 Å². The van der Waals surface area contributed by atoms with E-state index in [1.54, 1.807) is 28.8 Å². The van der Waals surface area contributed by atoms with E-state index >= 15 is 0 Å². The maximum atomic E-state index is 12.7. The van der Waals surface area contributed by atoms with E-state index in [4.69, 9.17) is 0 Å². The van der Waals surface area contributed by atoms with Gasteiger partial charge in [-0.1, -0.05) is 36.4 Å². The van der Waals surface area contributed by atoms with Crippen molar-refractivity contribution in [1.82, 2.24) is 14.7 Å². The van der Waals surface area contributed by atoms with E-state index in [9.17, 15) is 19.5 Å². The van der Waals surface area contributed by atoms with E-state index < -0.39 is 0 Å². The lowest BCUT2D eigenvalue weighted by Crippen LogP contribution is -2.73. The molecule has 0 unspecified atom stereocenters. The quantitative estimate of drug-likeness (QED) is 0.760. The van der Waals surface area contributed by atoms with Gasteiger partial charge >= 0.3 is 0 Å². The first-order valence-corrected chi connectivity index (χ1v) is 11.5. The predicted molar refractivity (Wildman–Crippen MR) is 123 cm³/mol. The van der Waals surface area contributed by atoms with Crippen molar-refractivity contribution in [2.75, 3.05) is 33.8 Å². The number of aliphatic hydroxyl groups is 1. The number of rotatable bonds is 5. The summed E-state index contributed by atoms with van der Waals surface area (Å²) in [6.07, 6.45) is 1.84. The standard InChI is InChI=1S/C26H29N3O4/c1-27(2)25(32)20-5-3-4-19(12-20)16-6-8-17(9-7-16)24-21-13-28(26(33)18-10-11-18)14-23(31)29(21)22(24)15-30/h3-9,12,18,21-22,24,30H,10-11,13-15H2,1-2H3/t21-,22-,24-/m0/s1. The molecule has 2 heterocycles. The Morgan fingerprint density at radius 1 is 1.06 bits per heavy atom. The van der Waals surface area contributed by atoms with E-state index in [2.05, 4.69) is 0 Å². The van der Waals surface area contributed by atoms with Crippen molar-refractivity contribution in [1.29, 1.82) is 0 Å². The Labute approximate surface area is 193 Å². The Hall–Kier alpha value is -3.19. The SMILES string of the molecule is CN(C)C(=O)c1cccc(-c2ccc([C@@H]3[C@H](CO)N4C(=O)CN(C(=O)C5CC5)C[C@@H]34)cc2)c1. The van der Waals surface area contributed by atoms with E-state index in [-0.39, 0.29) is 54.8 Å². The summed E-state index contributed by atoms with van der Waals surface area (Å²) in [4.78, 5) is 42.6. The van der Waals surface area contributed by atoms with Crippen LogP contribution in [0, 0.1) is 5.92 Å². The largest absolute Gasteiger partial charge is 0.394 e. The maximum absolute atomic E-state index is 12.7. The Kier molecular flexibility index (Phi) is 5.44. The number of carbonyl (C=O) groups excluding carboxylic acids is 3. The molecule has 5 rings (SSSR count). The highest BCUT2D eigenvalue weighted by Gasteiger charge is 2.55. The molecule has 3 atom stereocenters. The smallest absolute Gasteiger partial charge is 0.253 e. The average molecular weight is 448 g/mol. The van der Waals surface area contributed by atoms with Crippen LogP contribution in [0.1, 0.15) is 34.7 Å². The monoisotopic (exact) mass is 447 g/mol. The third kappa shape index (κ3) is 3.80. The molecule has 33 heavy (non-hydrogen) atoms. The molecule has 3 fully saturated rings. The number of aliphatic hydroxyl groups excluding tert-OH is 1. The molecule has 3 aliphatic rings. The molecule has 0 spiro atoms. The van der Waals surface area contributed by atoms with Gasteiger partial charge in [-0.2, -0.15) is 0 Å². The predicted octanol–water partition coefficient (Wildman–Crippen LogP) is 1.96. The van der Waals surface area contributed by atoms with Crippen molar-refractivity contribution < 1.29 is 19.5 Å². The van der Waals surface area contributed by atoms with Crippen LogP contribution in [0.5, 0.6) is 0 Å². The van der Waals surface area contributed by atoms with Crippen molar-refractivity contribution in [3.05, 3.63) is 59.7 Å². The highest BCUT2D eigenvalue weighted by Crippen LogP contribution is 2.44. The van der Waals surface area contributed by atoms with Crippen LogP contribution in [0.25, 0.3) is 11.1 Å². The third-order valence-corrected chi connectivity index (χ3v) is 7.14. The van der Waals surface area contributed by atoms with Crippen LogP contribution in [-0.2, 0) is 9.59 Å². The summed E-state index contributed by atoms with van der Waals surface area (Å²) in [6, 6.07) is 15.3. The van der Waals surface area contributed by atoms with Crippen LogP contribution in [0.2, 0.25) is 0 Å². The molecule has 1 N–H and O–H groups in total. The van der Waals surface area contributed by atoms with Crippen LogP contribution in [0.4, 0.5) is 0 Å². The Morgan fingerprint density at radius 2 is 1.79 bits per heavy atom. The molecule has 7 heteroatoms. The van der Waals surface area contributed by atoms with Crippen LogP contribution < -0.4 is 0 Å². The molecular formula is C26H29N3O4. The molecule has 3 amide bonds. The minimum absolute atomic E-state index is 0.00976. The van der Waals surface area contributed by atoms with Gasteiger partial charge in [0.2, 0.25) is 11.8 Å². The van der Waals surface area contributed by atoms with Crippen molar-refractivity contribution in [2.45, 2.75) is 30.8 Å². The molecule has 1 aliphatic carbocycles. The van der Waals surface area contributed by atoms with Crippen LogP contribution in [-0.4, -0.2) is 83.4 Å². The minimum Gasteiger partial charge on any atom is -0.394 e. The first kappa shape index (κ1) is 21.6. The zero-order valence-corrected chi connectivity index (χ0v) is 19.0. The summed E-state index contributed by atoms with van der Waals surface area (Å²) < 4.78 is 0. The van der Waals surface area contributed by atoms with Crippen LogP contribution in [0.3, 0.4) is 0 Å². The number of hydrogen-bond donors (Lipinski definition) is 1. The summed E-state index contributed by atoms with van der Waals surface area (Å²) in [5.41, 5.74) is 3.64. The van der Waals surface area contributed by atoms with Crippen molar-refractivity contribution in [2.24, 2.45) is 5.92 Å². The number of fused-ring (bicyclic) bond motifs is 1. The molecule has 0 radical (unpaired) electrons. The zero-order chi connectivity index (χ0) is 23.3. The first-order valence-electron chi connectivity index (χ1n) is 11.5. The molecule has 0 aromatic heterocycles. The topological polar surface area (TPSA) is 81.2 Å². The minimum atomic E-state index is -0.257. The van der Waals surface area contributed by atoms with Gasteiger partial charge in [0.05, 0.1) is 25.2 Å². The maximum Gasteiger partial charge on any atom is 0.253 e.